The molecule has 0 unspecified atom stereocenters. The standard InChI is InChI=1S/C15H22FN3/c1-2-11-6-8-19(9-7-11)10-12-4-3-5-13(14(12)16)15(17)18/h3-5,11H,2,6-10H2,1H3,(H3,17,18). The molecule has 2 rings (SSSR count). The first-order valence-corrected chi connectivity index (χ1v) is 6.96. The normalized spacial score (nSPS) is 17.6. The molecule has 3 nitrogen and oxygen atoms in total. The molecular formula is C15H22FN3. The van der Waals surface area contributed by atoms with Crippen molar-refractivity contribution in [2.75, 3.05) is 13.1 Å². The number of nitrogen functional groups attached to an aromatic ring is 1. The highest BCUT2D eigenvalue weighted by Crippen LogP contribution is 2.22. The number of hydrogen-bond donors (Lipinski definition) is 2. The van der Waals surface area contributed by atoms with Gasteiger partial charge < -0.3 is 5.73 Å². The van der Waals surface area contributed by atoms with Crippen LogP contribution < -0.4 is 5.73 Å². The van der Waals surface area contributed by atoms with Crippen molar-refractivity contribution >= 4 is 5.84 Å². The first-order valence-electron chi connectivity index (χ1n) is 6.96. The molecule has 1 saturated heterocycles. The van der Waals surface area contributed by atoms with Gasteiger partial charge in [-0.15, -0.1) is 0 Å². The molecule has 3 N–H and O–H groups in total. The molecule has 0 spiro atoms. The van der Waals surface area contributed by atoms with Crippen LogP contribution in [0.3, 0.4) is 0 Å². The van der Waals surface area contributed by atoms with Gasteiger partial charge in [-0.25, -0.2) is 4.39 Å². The van der Waals surface area contributed by atoms with E-state index in [0.29, 0.717) is 12.1 Å². The molecule has 0 saturated carbocycles. The fourth-order valence-corrected chi connectivity index (χ4v) is 2.70. The van der Waals surface area contributed by atoms with Crippen molar-refractivity contribution in [3.05, 3.63) is 35.1 Å². The first-order chi connectivity index (χ1) is 9.11. The van der Waals surface area contributed by atoms with E-state index in [0.717, 1.165) is 19.0 Å². The van der Waals surface area contributed by atoms with Crippen molar-refractivity contribution in [2.24, 2.45) is 11.7 Å². The Hall–Kier alpha value is -1.42. The molecule has 0 radical (unpaired) electrons. The number of amidine groups is 1. The average molecular weight is 263 g/mol. The molecule has 104 valence electrons. The van der Waals surface area contributed by atoms with Crippen LogP contribution in [0.1, 0.15) is 37.3 Å². The van der Waals surface area contributed by atoms with Crippen LogP contribution in [0.15, 0.2) is 18.2 Å². The number of piperidine rings is 1. The Bertz CT molecular complexity index is 451. The first kappa shape index (κ1) is 14.0. The van der Waals surface area contributed by atoms with E-state index in [-0.39, 0.29) is 17.2 Å². The second kappa shape index (κ2) is 6.15. The largest absolute Gasteiger partial charge is 0.384 e. The summed E-state index contributed by atoms with van der Waals surface area (Å²) in [6.07, 6.45) is 3.64. The van der Waals surface area contributed by atoms with Crippen molar-refractivity contribution in [1.29, 1.82) is 5.41 Å². The average Bonchev–Trinajstić information content (AvgIpc) is 2.41. The third-order valence-corrected chi connectivity index (χ3v) is 4.05. The summed E-state index contributed by atoms with van der Waals surface area (Å²) in [7, 11) is 0. The van der Waals surface area contributed by atoms with Crippen LogP contribution >= 0.6 is 0 Å². The number of nitrogens with zero attached hydrogens (tertiary/aromatic N) is 1. The summed E-state index contributed by atoms with van der Waals surface area (Å²) >= 11 is 0. The number of nitrogens with two attached hydrogens (primary N) is 1. The monoisotopic (exact) mass is 263 g/mol. The van der Waals surface area contributed by atoms with Crippen molar-refractivity contribution in [2.45, 2.75) is 32.7 Å². The Kier molecular flexibility index (Phi) is 4.53. The molecule has 1 aliphatic rings. The van der Waals surface area contributed by atoms with E-state index in [9.17, 15) is 4.39 Å². The Balaban J connectivity index is 2.04. The third-order valence-electron chi connectivity index (χ3n) is 4.05. The highest BCUT2D eigenvalue weighted by atomic mass is 19.1. The van der Waals surface area contributed by atoms with Crippen LogP contribution in [-0.4, -0.2) is 23.8 Å². The van der Waals surface area contributed by atoms with E-state index >= 15 is 0 Å². The van der Waals surface area contributed by atoms with E-state index < -0.39 is 0 Å². The van der Waals surface area contributed by atoms with E-state index in [1.165, 1.54) is 19.3 Å². The van der Waals surface area contributed by atoms with Gasteiger partial charge in [-0.05, 0) is 37.9 Å². The molecule has 0 amide bonds. The number of halogens is 1. The fourth-order valence-electron chi connectivity index (χ4n) is 2.70. The molecule has 1 fully saturated rings. The van der Waals surface area contributed by atoms with Crippen LogP contribution in [-0.2, 0) is 6.54 Å². The maximum atomic E-state index is 14.2. The number of benzene rings is 1. The molecule has 0 bridgehead atoms. The zero-order valence-electron chi connectivity index (χ0n) is 11.5. The van der Waals surface area contributed by atoms with Crippen LogP contribution in [0.4, 0.5) is 4.39 Å². The zero-order chi connectivity index (χ0) is 13.8. The molecule has 4 heteroatoms. The van der Waals surface area contributed by atoms with Gasteiger partial charge in [-0.1, -0.05) is 25.5 Å². The van der Waals surface area contributed by atoms with Crippen LogP contribution in [0, 0.1) is 17.1 Å². The smallest absolute Gasteiger partial charge is 0.138 e. The highest BCUT2D eigenvalue weighted by molar-refractivity contribution is 5.95. The van der Waals surface area contributed by atoms with E-state index in [1.807, 2.05) is 0 Å². The highest BCUT2D eigenvalue weighted by Gasteiger charge is 2.19. The Morgan fingerprint density at radius 1 is 1.42 bits per heavy atom. The maximum absolute atomic E-state index is 14.2. The number of likely N-dealkylation sites (tertiary alicyclic amines) is 1. The minimum atomic E-state index is -0.340. The molecule has 1 aliphatic heterocycles. The lowest BCUT2D eigenvalue weighted by molar-refractivity contribution is 0.173. The van der Waals surface area contributed by atoms with Gasteiger partial charge in [0, 0.05) is 12.1 Å². The van der Waals surface area contributed by atoms with Gasteiger partial charge in [0.05, 0.1) is 5.56 Å². The number of hydrogen-bond acceptors (Lipinski definition) is 2. The SMILES string of the molecule is CCC1CCN(Cc2cccc(C(=N)N)c2F)CC1. The Labute approximate surface area is 114 Å². The number of nitrogens with one attached hydrogen (secondary N) is 1. The number of rotatable bonds is 4. The van der Waals surface area contributed by atoms with Crippen LogP contribution in [0.5, 0.6) is 0 Å². The molecule has 1 heterocycles. The van der Waals surface area contributed by atoms with Gasteiger partial charge in [0.1, 0.15) is 11.7 Å². The van der Waals surface area contributed by atoms with Crippen LogP contribution in [0.25, 0.3) is 0 Å². The lowest BCUT2D eigenvalue weighted by atomic mass is 9.94. The predicted molar refractivity (Wildman–Crippen MR) is 75.7 cm³/mol. The maximum Gasteiger partial charge on any atom is 0.138 e. The molecular weight excluding hydrogens is 241 g/mol. The molecule has 0 aliphatic carbocycles. The van der Waals surface area contributed by atoms with Gasteiger partial charge in [0.2, 0.25) is 0 Å². The van der Waals surface area contributed by atoms with Gasteiger partial charge in [0.15, 0.2) is 0 Å². The second-order valence-corrected chi connectivity index (χ2v) is 5.32. The molecule has 0 aromatic heterocycles. The minimum absolute atomic E-state index is 0.205. The minimum Gasteiger partial charge on any atom is -0.384 e. The van der Waals surface area contributed by atoms with E-state index in [2.05, 4.69) is 11.8 Å². The van der Waals surface area contributed by atoms with Crippen molar-refractivity contribution in [1.82, 2.24) is 4.90 Å². The quantitative estimate of drug-likeness (QED) is 0.648. The van der Waals surface area contributed by atoms with Crippen molar-refractivity contribution in [3.63, 3.8) is 0 Å². The van der Waals surface area contributed by atoms with Gasteiger partial charge >= 0.3 is 0 Å². The van der Waals surface area contributed by atoms with E-state index in [4.69, 9.17) is 11.1 Å². The van der Waals surface area contributed by atoms with Gasteiger partial charge in [0.25, 0.3) is 0 Å². The Morgan fingerprint density at radius 3 is 2.68 bits per heavy atom. The summed E-state index contributed by atoms with van der Waals surface area (Å²) in [5.41, 5.74) is 6.23. The lowest BCUT2D eigenvalue weighted by Crippen LogP contribution is -2.33. The fraction of sp³-hybridized carbons (Fsp3) is 0.533. The Morgan fingerprint density at radius 2 is 2.11 bits per heavy atom. The summed E-state index contributed by atoms with van der Waals surface area (Å²) in [5, 5.41) is 7.37. The summed E-state index contributed by atoms with van der Waals surface area (Å²) in [6.45, 7) is 4.91. The van der Waals surface area contributed by atoms with Gasteiger partial charge in [-0.3, -0.25) is 10.3 Å². The predicted octanol–water partition coefficient (Wildman–Crippen LogP) is 2.73. The van der Waals surface area contributed by atoms with Crippen molar-refractivity contribution < 1.29 is 4.39 Å². The molecule has 1 aromatic rings. The lowest BCUT2D eigenvalue weighted by Gasteiger charge is -2.31. The zero-order valence-corrected chi connectivity index (χ0v) is 11.5. The van der Waals surface area contributed by atoms with Crippen molar-refractivity contribution in [3.8, 4) is 0 Å². The summed E-state index contributed by atoms with van der Waals surface area (Å²) < 4.78 is 14.2. The van der Waals surface area contributed by atoms with Gasteiger partial charge in [-0.2, -0.15) is 0 Å². The summed E-state index contributed by atoms with van der Waals surface area (Å²) in [5.74, 6) is 0.279. The molecule has 0 atom stereocenters. The second-order valence-electron chi connectivity index (χ2n) is 5.32. The topological polar surface area (TPSA) is 53.1 Å². The molecule has 1 aromatic carbocycles. The van der Waals surface area contributed by atoms with E-state index in [1.54, 1.807) is 18.2 Å². The van der Waals surface area contributed by atoms with Crippen LogP contribution in [0.2, 0.25) is 0 Å². The summed E-state index contributed by atoms with van der Waals surface area (Å²) in [4.78, 5) is 2.29. The summed E-state index contributed by atoms with van der Waals surface area (Å²) in [6, 6.07) is 5.12. The molecule has 19 heavy (non-hydrogen) atoms. The third kappa shape index (κ3) is 3.32.